The Morgan fingerprint density at radius 2 is 1.41 bits per heavy atom. The third-order valence-electron chi connectivity index (χ3n) is 3.17. The number of carbonyl (C=O) groups is 2. The van der Waals surface area contributed by atoms with Crippen LogP contribution in [-0.4, -0.2) is 25.2 Å². The van der Waals surface area contributed by atoms with E-state index in [1.165, 1.54) is 0 Å². The molecule has 0 radical (unpaired) electrons. The van der Waals surface area contributed by atoms with E-state index in [9.17, 15) is 9.59 Å². The number of ether oxygens (including phenoxy) is 2. The number of allylic oxidation sites excluding steroid dienone is 3. The lowest BCUT2D eigenvalue weighted by atomic mass is 10.2. The number of carbonyl (C=O) groups excluding carboxylic acids is 2. The van der Waals surface area contributed by atoms with Crippen LogP contribution in [0.5, 0.6) is 0 Å². The van der Waals surface area contributed by atoms with Crippen molar-refractivity contribution in [1.29, 1.82) is 0 Å². The zero-order valence-electron chi connectivity index (χ0n) is 14.0. The standard InChI is InChI=1S/C18H28O4/c1-5-7-12-16(4)18(20)22-14-11-9-8-10-13-21-17(19)15(3)6-2/h5-6,12H,1,7-11,13-14H2,2-4H3. The molecule has 0 atom stereocenters. The zero-order valence-corrected chi connectivity index (χ0v) is 14.0. The van der Waals surface area contributed by atoms with Crippen LogP contribution in [-0.2, 0) is 19.1 Å². The van der Waals surface area contributed by atoms with Gasteiger partial charge in [0, 0.05) is 11.1 Å². The number of unbranched alkanes of at least 4 members (excludes halogenated alkanes) is 3. The molecule has 0 aromatic rings. The second kappa shape index (κ2) is 12.9. The van der Waals surface area contributed by atoms with Gasteiger partial charge in [-0.1, -0.05) is 18.2 Å². The van der Waals surface area contributed by atoms with Crippen LogP contribution in [0.2, 0.25) is 0 Å². The van der Waals surface area contributed by atoms with Crippen molar-refractivity contribution in [2.75, 3.05) is 13.2 Å². The Bertz CT molecular complexity index is 419. The SMILES string of the molecule is C=CCC=C(C)C(=O)OCCCCCCOC(=O)C(C)=CC. The van der Waals surface area contributed by atoms with Gasteiger partial charge in [-0.05, 0) is 52.9 Å². The maximum absolute atomic E-state index is 11.6. The maximum atomic E-state index is 11.6. The fraction of sp³-hybridized carbons (Fsp3) is 0.556. The minimum atomic E-state index is -0.266. The molecule has 124 valence electrons. The van der Waals surface area contributed by atoms with Crippen LogP contribution in [0.25, 0.3) is 0 Å². The van der Waals surface area contributed by atoms with E-state index in [4.69, 9.17) is 9.47 Å². The van der Waals surface area contributed by atoms with E-state index in [1.807, 2.05) is 6.92 Å². The van der Waals surface area contributed by atoms with Crippen molar-refractivity contribution in [2.24, 2.45) is 0 Å². The lowest BCUT2D eigenvalue weighted by molar-refractivity contribution is -0.140. The minimum Gasteiger partial charge on any atom is -0.462 e. The van der Waals surface area contributed by atoms with Gasteiger partial charge in [-0.25, -0.2) is 9.59 Å². The Morgan fingerprint density at radius 3 is 1.86 bits per heavy atom. The molecule has 0 saturated heterocycles. The smallest absolute Gasteiger partial charge is 0.333 e. The van der Waals surface area contributed by atoms with Gasteiger partial charge in [0.15, 0.2) is 0 Å². The Kier molecular flexibility index (Phi) is 11.8. The van der Waals surface area contributed by atoms with E-state index in [1.54, 1.807) is 32.1 Å². The summed E-state index contributed by atoms with van der Waals surface area (Å²) in [5.74, 6) is -0.518. The molecule has 4 nitrogen and oxygen atoms in total. The van der Waals surface area contributed by atoms with Crippen molar-refractivity contribution in [1.82, 2.24) is 0 Å². The Balaban J connectivity index is 3.57. The summed E-state index contributed by atoms with van der Waals surface area (Å²) in [5, 5.41) is 0. The number of hydrogen-bond donors (Lipinski definition) is 0. The Hall–Kier alpha value is -1.84. The first-order valence-corrected chi connectivity index (χ1v) is 7.77. The molecule has 0 rings (SSSR count). The fourth-order valence-corrected chi connectivity index (χ4v) is 1.58. The summed E-state index contributed by atoms with van der Waals surface area (Å²) in [4.78, 5) is 22.9. The number of hydrogen-bond acceptors (Lipinski definition) is 4. The molecule has 0 amide bonds. The highest BCUT2D eigenvalue weighted by Crippen LogP contribution is 2.05. The molecule has 4 heteroatoms. The normalized spacial score (nSPS) is 12.0. The van der Waals surface area contributed by atoms with Crippen LogP contribution in [0.1, 0.15) is 52.9 Å². The van der Waals surface area contributed by atoms with Crippen molar-refractivity contribution in [3.8, 4) is 0 Å². The molecule has 0 unspecified atom stereocenters. The molecular formula is C18H28O4. The molecule has 0 fully saturated rings. The third-order valence-corrected chi connectivity index (χ3v) is 3.17. The van der Waals surface area contributed by atoms with Gasteiger partial charge >= 0.3 is 11.9 Å². The maximum Gasteiger partial charge on any atom is 0.333 e. The van der Waals surface area contributed by atoms with Gasteiger partial charge in [0.1, 0.15) is 0 Å². The molecule has 0 aliphatic carbocycles. The molecule has 0 aliphatic rings. The largest absolute Gasteiger partial charge is 0.462 e. The second-order valence-electron chi connectivity index (χ2n) is 5.07. The second-order valence-corrected chi connectivity index (χ2v) is 5.07. The highest BCUT2D eigenvalue weighted by molar-refractivity contribution is 5.88. The predicted octanol–water partition coefficient (Wildman–Crippen LogP) is 4.12. The number of esters is 2. The Labute approximate surface area is 133 Å². The van der Waals surface area contributed by atoms with Crippen molar-refractivity contribution >= 4 is 11.9 Å². The van der Waals surface area contributed by atoms with Crippen LogP contribution < -0.4 is 0 Å². The third kappa shape index (κ3) is 9.97. The summed E-state index contributed by atoms with van der Waals surface area (Å²) in [7, 11) is 0. The molecule has 0 aromatic heterocycles. The van der Waals surface area contributed by atoms with Crippen LogP contribution in [0.3, 0.4) is 0 Å². The first kappa shape index (κ1) is 20.2. The highest BCUT2D eigenvalue weighted by Gasteiger charge is 2.05. The minimum absolute atomic E-state index is 0.252. The van der Waals surface area contributed by atoms with Gasteiger partial charge in [-0.3, -0.25) is 0 Å². The van der Waals surface area contributed by atoms with Crippen LogP contribution in [0.4, 0.5) is 0 Å². The summed E-state index contributed by atoms with van der Waals surface area (Å²) in [5.41, 5.74) is 1.25. The van der Waals surface area contributed by atoms with Gasteiger partial charge in [0.25, 0.3) is 0 Å². The first-order chi connectivity index (χ1) is 10.5. The summed E-state index contributed by atoms with van der Waals surface area (Å²) in [6.07, 6.45) is 9.50. The monoisotopic (exact) mass is 308 g/mol. The molecular weight excluding hydrogens is 280 g/mol. The van der Waals surface area contributed by atoms with Crippen molar-refractivity contribution < 1.29 is 19.1 Å². The first-order valence-electron chi connectivity index (χ1n) is 7.77. The van der Waals surface area contributed by atoms with Gasteiger partial charge in [0.05, 0.1) is 13.2 Å². The van der Waals surface area contributed by atoms with Crippen molar-refractivity contribution in [3.63, 3.8) is 0 Å². The molecule has 0 bridgehead atoms. The average Bonchev–Trinajstić information content (AvgIpc) is 2.53. The van der Waals surface area contributed by atoms with Crippen molar-refractivity contribution in [3.05, 3.63) is 36.0 Å². The van der Waals surface area contributed by atoms with E-state index < -0.39 is 0 Å². The molecule has 0 saturated carbocycles. The van der Waals surface area contributed by atoms with E-state index in [2.05, 4.69) is 6.58 Å². The van der Waals surface area contributed by atoms with Gasteiger partial charge in [-0.15, -0.1) is 6.58 Å². The van der Waals surface area contributed by atoms with E-state index in [0.29, 0.717) is 30.8 Å². The zero-order chi connectivity index (χ0) is 16.8. The average molecular weight is 308 g/mol. The summed E-state index contributed by atoms with van der Waals surface area (Å²) in [6.45, 7) is 9.75. The molecule has 0 heterocycles. The predicted molar refractivity (Wildman–Crippen MR) is 88.4 cm³/mol. The van der Waals surface area contributed by atoms with E-state index >= 15 is 0 Å². The summed E-state index contributed by atoms with van der Waals surface area (Å²) < 4.78 is 10.3. The molecule has 22 heavy (non-hydrogen) atoms. The summed E-state index contributed by atoms with van der Waals surface area (Å²) in [6, 6.07) is 0. The van der Waals surface area contributed by atoms with E-state index in [-0.39, 0.29) is 11.9 Å². The quantitative estimate of drug-likeness (QED) is 0.249. The molecule has 0 spiro atoms. The van der Waals surface area contributed by atoms with Crippen LogP contribution >= 0.6 is 0 Å². The molecule has 0 aliphatic heterocycles. The van der Waals surface area contributed by atoms with Crippen LogP contribution in [0.15, 0.2) is 36.0 Å². The lowest BCUT2D eigenvalue weighted by Gasteiger charge is -2.06. The lowest BCUT2D eigenvalue weighted by Crippen LogP contribution is -2.08. The Morgan fingerprint density at radius 1 is 0.909 bits per heavy atom. The molecule has 0 aromatic carbocycles. The van der Waals surface area contributed by atoms with Gasteiger partial charge in [-0.2, -0.15) is 0 Å². The van der Waals surface area contributed by atoms with Crippen LogP contribution in [0, 0.1) is 0 Å². The number of rotatable bonds is 11. The van der Waals surface area contributed by atoms with Crippen molar-refractivity contribution in [2.45, 2.75) is 52.9 Å². The fourth-order valence-electron chi connectivity index (χ4n) is 1.58. The molecule has 0 N–H and O–H groups in total. The van der Waals surface area contributed by atoms with Gasteiger partial charge in [0.2, 0.25) is 0 Å². The topological polar surface area (TPSA) is 52.6 Å². The highest BCUT2D eigenvalue weighted by atomic mass is 16.5. The van der Waals surface area contributed by atoms with E-state index in [0.717, 1.165) is 25.7 Å². The summed E-state index contributed by atoms with van der Waals surface area (Å²) >= 11 is 0. The van der Waals surface area contributed by atoms with Gasteiger partial charge < -0.3 is 9.47 Å².